The van der Waals surface area contributed by atoms with Gasteiger partial charge in [0.25, 0.3) is 0 Å². The van der Waals surface area contributed by atoms with Crippen LogP contribution in [0.25, 0.3) is 10.2 Å². The van der Waals surface area contributed by atoms with Crippen molar-refractivity contribution in [3.8, 4) is 0 Å². The van der Waals surface area contributed by atoms with Gasteiger partial charge in [0, 0.05) is 17.4 Å². The van der Waals surface area contributed by atoms with Crippen LogP contribution >= 0.6 is 32.9 Å². The van der Waals surface area contributed by atoms with Crippen LogP contribution in [0.3, 0.4) is 0 Å². The van der Waals surface area contributed by atoms with Crippen molar-refractivity contribution >= 4 is 54.2 Å². The number of hydrogen-bond acceptors (Lipinski definition) is 5. The Balaban J connectivity index is 1.41. The third kappa shape index (κ3) is 4.37. The largest absolute Gasteiger partial charge is 0.302 e. The number of rotatable bonds is 6. The van der Waals surface area contributed by atoms with Crippen LogP contribution in [0, 0.1) is 0 Å². The number of unbranched alkanes of at least 4 members (excludes halogenated alkanes) is 1. The van der Waals surface area contributed by atoms with Crippen LogP contribution in [-0.2, 0) is 4.79 Å². The Morgan fingerprint density at radius 1 is 1.33 bits per heavy atom. The molecule has 0 saturated carbocycles. The number of carbonyl (C=O) groups excluding carboxylic acids is 1. The van der Waals surface area contributed by atoms with Crippen molar-refractivity contribution in [2.75, 3.05) is 11.1 Å². The lowest BCUT2D eigenvalue weighted by Crippen LogP contribution is -2.11. The fraction of sp³-hybridized carbons (Fsp3) is 0.467. The second-order valence-electron chi connectivity index (χ2n) is 5.11. The summed E-state index contributed by atoms with van der Waals surface area (Å²) in [6, 6.07) is 7.96. The molecule has 1 N–H and O–H groups in total. The second kappa shape index (κ2) is 7.51. The molecule has 1 aliphatic heterocycles. The molecule has 2 heterocycles. The maximum atomic E-state index is 11.9. The van der Waals surface area contributed by atoms with Gasteiger partial charge in [0.1, 0.15) is 0 Å². The van der Waals surface area contributed by atoms with Crippen molar-refractivity contribution in [3.63, 3.8) is 0 Å². The fourth-order valence-corrected chi connectivity index (χ4v) is 6.24. The van der Waals surface area contributed by atoms with Gasteiger partial charge in [-0.1, -0.05) is 51.5 Å². The smallest absolute Gasteiger partial charge is 0.226 e. The lowest BCUT2D eigenvalue weighted by Gasteiger charge is -2.06. The summed E-state index contributed by atoms with van der Waals surface area (Å²) in [5.41, 5.74) is 0.952. The van der Waals surface area contributed by atoms with Crippen LogP contribution in [-0.4, -0.2) is 21.9 Å². The molecule has 1 atom stereocenters. The van der Waals surface area contributed by atoms with Crippen LogP contribution in [0.2, 0.25) is 0 Å². The van der Waals surface area contributed by atoms with Crippen molar-refractivity contribution in [1.82, 2.24) is 4.98 Å². The quantitative estimate of drug-likeness (QED) is 0.598. The summed E-state index contributed by atoms with van der Waals surface area (Å²) in [4.78, 5) is 16.4. The summed E-state index contributed by atoms with van der Waals surface area (Å²) < 4.78 is 1.11. The number of hydrogen-bond donors (Lipinski definition) is 1. The van der Waals surface area contributed by atoms with E-state index in [-0.39, 0.29) is 5.91 Å². The van der Waals surface area contributed by atoms with Crippen LogP contribution in [0.15, 0.2) is 24.3 Å². The zero-order chi connectivity index (χ0) is 14.5. The molecule has 1 amide bonds. The third-order valence-electron chi connectivity index (χ3n) is 3.45. The topological polar surface area (TPSA) is 42.0 Å². The molecule has 0 spiro atoms. The van der Waals surface area contributed by atoms with E-state index in [1.54, 1.807) is 0 Å². The average molecular weight is 339 g/mol. The van der Waals surface area contributed by atoms with Crippen molar-refractivity contribution in [2.45, 2.75) is 37.4 Å². The number of fused-ring (bicyclic) bond motifs is 1. The Labute approximate surface area is 136 Å². The summed E-state index contributed by atoms with van der Waals surface area (Å²) >= 11 is 1.54. The molecule has 0 aliphatic carbocycles. The highest BCUT2D eigenvalue weighted by molar-refractivity contribution is 8.77. The van der Waals surface area contributed by atoms with Crippen molar-refractivity contribution in [3.05, 3.63) is 24.3 Å². The lowest BCUT2D eigenvalue weighted by atomic mass is 10.1. The second-order valence-corrected chi connectivity index (χ2v) is 8.93. The molecule has 3 nitrogen and oxygen atoms in total. The van der Waals surface area contributed by atoms with Crippen LogP contribution in [0.5, 0.6) is 0 Å². The van der Waals surface area contributed by atoms with E-state index in [1.807, 2.05) is 45.9 Å². The van der Waals surface area contributed by atoms with E-state index in [2.05, 4.69) is 10.3 Å². The van der Waals surface area contributed by atoms with Crippen molar-refractivity contribution in [1.29, 1.82) is 0 Å². The van der Waals surface area contributed by atoms with Crippen molar-refractivity contribution in [2.24, 2.45) is 0 Å². The highest BCUT2D eigenvalue weighted by Crippen LogP contribution is 2.39. The predicted molar refractivity (Wildman–Crippen MR) is 95.2 cm³/mol. The van der Waals surface area contributed by atoms with Gasteiger partial charge in [0.05, 0.1) is 10.2 Å². The Hall–Kier alpha value is -0.720. The maximum absolute atomic E-state index is 11.9. The first-order valence-electron chi connectivity index (χ1n) is 7.25. The van der Waals surface area contributed by atoms with Gasteiger partial charge in [-0.05, 0) is 31.4 Å². The third-order valence-corrected chi connectivity index (χ3v) is 7.41. The predicted octanol–water partition coefficient (Wildman–Crippen LogP) is 4.95. The monoisotopic (exact) mass is 338 g/mol. The summed E-state index contributed by atoms with van der Waals surface area (Å²) in [7, 11) is 3.99. The van der Waals surface area contributed by atoms with Crippen LogP contribution in [0.1, 0.15) is 32.1 Å². The van der Waals surface area contributed by atoms with Gasteiger partial charge >= 0.3 is 0 Å². The van der Waals surface area contributed by atoms with Crippen LogP contribution in [0.4, 0.5) is 5.13 Å². The highest BCUT2D eigenvalue weighted by Gasteiger charge is 2.16. The van der Waals surface area contributed by atoms with Gasteiger partial charge < -0.3 is 5.32 Å². The first-order chi connectivity index (χ1) is 10.3. The van der Waals surface area contributed by atoms with E-state index < -0.39 is 0 Å². The number of amides is 1. The molecule has 6 heteroatoms. The normalized spacial score (nSPS) is 18.2. The first kappa shape index (κ1) is 15.2. The number of carbonyl (C=O) groups is 1. The highest BCUT2D eigenvalue weighted by atomic mass is 33.1. The van der Waals surface area contributed by atoms with Gasteiger partial charge in [-0.15, -0.1) is 0 Å². The average Bonchev–Trinajstić information content (AvgIpc) is 3.12. The molecular weight excluding hydrogens is 320 g/mol. The summed E-state index contributed by atoms with van der Waals surface area (Å²) in [6.07, 6.45) is 5.28. The Kier molecular flexibility index (Phi) is 5.43. The van der Waals surface area contributed by atoms with Gasteiger partial charge in [-0.2, -0.15) is 0 Å². The molecule has 0 unspecified atom stereocenters. The molecule has 112 valence electrons. The summed E-state index contributed by atoms with van der Waals surface area (Å²) in [5, 5.41) is 4.44. The SMILES string of the molecule is O=C(CCCC[C@H]1CCSS1)Nc1nc2ccccc2s1. The summed E-state index contributed by atoms with van der Waals surface area (Å²) in [5.74, 6) is 1.37. The van der Waals surface area contributed by atoms with Gasteiger partial charge in [0.15, 0.2) is 5.13 Å². The molecule has 1 aliphatic rings. The molecule has 1 saturated heterocycles. The van der Waals surface area contributed by atoms with E-state index in [0.717, 1.165) is 28.3 Å². The molecule has 3 rings (SSSR count). The van der Waals surface area contributed by atoms with Gasteiger partial charge in [-0.25, -0.2) is 4.98 Å². The minimum Gasteiger partial charge on any atom is -0.302 e. The zero-order valence-corrected chi connectivity index (χ0v) is 14.2. The Bertz CT molecular complexity index is 575. The van der Waals surface area contributed by atoms with Gasteiger partial charge in [0.2, 0.25) is 5.91 Å². The number of benzene rings is 1. The van der Waals surface area contributed by atoms with Crippen LogP contribution < -0.4 is 5.32 Å². The molecule has 1 fully saturated rings. The minimum atomic E-state index is 0.0857. The van der Waals surface area contributed by atoms with E-state index >= 15 is 0 Å². The molecule has 0 bridgehead atoms. The Morgan fingerprint density at radius 3 is 3.05 bits per heavy atom. The molecule has 21 heavy (non-hydrogen) atoms. The lowest BCUT2D eigenvalue weighted by molar-refractivity contribution is -0.116. The molecule has 1 aromatic heterocycles. The fourth-order valence-electron chi connectivity index (χ4n) is 2.33. The van der Waals surface area contributed by atoms with Gasteiger partial charge in [-0.3, -0.25) is 4.79 Å². The Morgan fingerprint density at radius 2 is 2.24 bits per heavy atom. The molecule has 1 aromatic carbocycles. The maximum Gasteiger partial charge on any atom is 0.226 e. The first-order valence-corrected chi connectivity index (χ1v) is 10.4. The number of aromatic nitrogens is 1. The number of para-hydroxylation sites is 1. The van der Waals surface area contributed by atoms with E-state index in [4.69, 9.17) is 0 Å². The van der Waals surface area contributed by atoms with Crippen molar-refractivity contribution < 1.29 is 4.79 Å². The number of anilines is 1. The van der Waals surface area contributed by atoms with E-state index in [1.165, 1.54) is 29.9 Å². The number of thiazole rings is 1. The molecular formula is C15H18N2OS3. The number of nitrogens with one attached hydrogen (secondary N) is 1. The van der Waals surface area contributed by atoms with E-state index in [0.29, 0.717) is 11.6 Å². The van der Waals surface area contributed by atoms with E-state index in [9.17, 15) is 4.79 Å². The summed E-state index contributed by atoms with van der Waals surface area (Å²) in [6.45, 7) is 0. The minimum absolute atomic E-state index is 0.0857. The standard InChI is InChI=1S/C15H18N2OS3/c18-14(8-4-1-5-11-9-10-19-21-11)17-15-16-12-6-2-3-7-13(12)20-15/h2-3,6-7,11H,1,4-5,8-10H2,(H,16,17,18)/t11-/m0/s1. The zero-order valence-electron chi connectivity index (χ0n) is 11.7. The molecule has 2 aromatic rings. The molecule has 0 radical (unpaired) electrons. The number of nitrogens with zero attached hydrogens (tertiary/aromatic N) is 1.